The highest BCUT2D eigenvalue weighted by molar-refractivity contribution is 5.51. The summed E-state index contributed by atoms with van der Waals surface area (Å²) >= 11 is 0. The second kappa shape index (κ2) is 7.44. The van der Waals surface area contributed by atoms with Gasteiger partial charge in [-0.2, -0.15) is 5.10 Å². The number of nitrogens with zero attached hydrogens (tertiary/aromatic N) is 6. The molecule has 4 rings (SSSR count). The monoisotopic (exact) mass is 372 g/mol. The van der Waals surface area contributed by atoms with Crippen molar-refractivity contribution in [1.82, 2.24) is 19.7 Å². The predicted molar refractivity (Wildman–Crippen MR) is 103 cm³/mol. The Balaban J connectivity index is 1.53. The van der Waals surface area contributed by atoms with E-state index < -0.39 is 5.60 Å². The van der Waals surface area contributed by atoms with E-state index in [2.05, 4.69) is 37.9 Å². The summed E-state index contributed by atoms with van der Waals surface area (Å²) in [6.07, 6.45) is 7.69. The molecule has 27 heavy (non-hydrogen) atoms. The van der Waals surface area contributed by atoms with Crippen molar-refractivity contribution in [2.75, 3.05) is 49.2 Å². The highest BCUT2D eigenvalue weighted by Gasteiger charge is 2.35. The first kappa shape index (κ1) is 18.2. The molecule has 8 heteroatoms. The van der Waals surface area contributed by atoms with Gasteiger partial charge in [-0.1, -0.05) is 0 Å². The summed E-state index contributed by atoms with van der Waals surface area (Å²) < 4.78 is 7.92. The smallest absolute Gasteiger partial charge is 0.134 e. The lowest BCUT2D eigenvalue weighted by Crippen LogP contribution is -2.48. The van der Waals surface area contributed by atoms with Crippen molar-refractivity contribution in [2.24, 2.45) is 13.0 Å². The number of aliphatic hydroxyl groups excluding tert-OH is 1. The van der Waals surface area contributed by atoms with E-state index in [1.54, 1.807) is 11.0 Å². The molecule has 2 aromatic heterocycles. The maximum Gasteiger partial charge on any atom is 0.134 e. The zero-order valence-electron chi connectivity index (χ0n) is 16.1. The second-order valence-electron chi connectivity index (χ2n) is 7.77. The van der Waals surface area contributed by atoms with Crippen LogP contribution >= 0.6 is 0 Å². The minimum Gasteiger partial charge on any atom is -0.396 e. The number of hydrogen-bond donors (Lipinski definition) is 1. The zero-order valence-corrected chi connectivity index (χ0v) is 16.1. The van der Waals surface area contributed by atoms with E-state index in [-0.39, 0.29) is 6.61 Å². The number of aryl methyl sites for hydroxylation is 1. The van der Waals surface area contributed by atoms with Gasteiger partial charge in [0.05, 0.1) is 19.3 Å². The molecule has 8 nitrogen and oxygen atoms in total. The Bertz CT molecular complexity index is 781. The van der Waals surface area contributed by atoms with Crippen LogP contribution in [0.25, 0.3) is 0 Å². The van der Waals surface area contributed by atoms with Gasteiger partial charge in [-0.25, -0.2) is 9.97 Å². The molecule has 0 radical (unpaired) electrons. The van der Waals surface area contributed by atoms with E-state index in [0.717, 1.165) is 49.7 Å². The third-order valence-corrected chi connectivity index (χ3v) is 5.65. The van der Waals surface area contributed by atoms with Crippen LogP contribution in [0.5, 0.6) is 0 Å². The van der Waals surface area contributed by atoms with Gasteiger partial charge in [0.15, 0.2) is 0 Å². The molecule has 2 atom stereocenters. The third kappa shape index (κ3) is 3.77. The number of ether oxygens (including phenoxy) is 1. The number of aromatic nitrogens is 4. The fourth-order valence-corrected chi connectivity index (χ4v) is 4.04. The Kier molecular flexibility index (Phi) is 5.01. The molecular formula is C19H28N6O2. The lowest BCUT2D eigenvalue weighted by molar-refractivity contribution is -0.0468. The van der Waals surface area contributed by atoms with Gasteiger partial charge in [0.2, 0.25) is 0 Å². The molecule has 0 spiro atoms. The SMILES string of the molecule is Cn1cc(C2(C)CN(c3cc(N4CCCC(CO)C4)ncn3)CCO2)cn1. The van der Waals surface area contributed by atoms with Crippen molar-refractivity contribution in [3.63, 3.8) is 0 Å². The summed E-state index contributed by atoms with van der Waals surface area (Å²) in [7, 11) is 1.92. The van der Waals surface area contributed by atoms with Gasteiger partial charge < -0.3 is 19.6 Å². The number of morpholine rings is 1. The van der Waals surface area contributed by atoms with Crippen molar-refractivity contribution < 1.29 is 9.84 Å². The van der Waals surface area contributed by atoms with Gasteiger partial charge in [0.25, 0.3) is 0 Å². The van der Waals surface area contributed by atoms with Gasteiger partial charge in [0.1, 0.15) is 23.6 Å². The molecule has 2 fully saturated rings. The van der Waals surface area contributed by atoms with E-state index in [0.29, 0.717) is 19.1 Å². The van der Waals surface area contributed by atoms with Gasteiger partial charge in [-0.15, -0.1) is 0 Å². The molecule has 2 aliphatic rings. The topological polar surface area (TPSA) is 79.5 Å². The Hall–Kier alpha value is -2.19. The number of rotatable bonds is 4. The first-order valence-electron chi connectivity index (χ1n) is 9.63. The normalized spacial score (nSPS) is 26.4. The molecule has 2 aliphatic heterocycles. The fourth-order valence-electron chi connectivity index (χ4n) is 4.04. The largest absolute Gasteiger partial charge is 0.396 e. The van der Waals surface area contributed by atoms with Crippen molar-refractivity contribution in [2.45, 2.75) is 25.4 Å². The highest BCUT2D eigenvalue weighted by atomic mass is 16.5. The first-order valence-corrected chi connectivity index (χ1v) is 9.63. The summed E-state index contributed by atoms with van der Waals surface area (Å²) in [5.74, 6) is 2.19. The molecule has 2 aromatic rings. The number of anilines is 2. The molecule has 0 amide bonds. The van der Waals surface area contributed by atoms with Crippen LogP contribution in [0.3, 0.4) is 0 Å². The predicted octanol–water partition coefficient (Wildman–Crippen LogP) is 1.17. The third-order valence-electron chi connectivity index (χ3n) is 5.65. The minimum absolute atomic E-state index is 0.237. The van der Waals surface area contributed by atoms with Crippen LogP contribution in [0.4, 0.5) is 11.6 Å². The van der Waals surface area contributed by atoms with Crippen molar-refractivity contribution in [3.8, 4) is 0 Å². The molecule has 0 bridgehead atoms. The standard InChI is InChI=1S/C19H28N6O2/c1-19(16-9-22-23(2)11-16)13-25(6-7-27-19)18-8-17(20-14-21-18)24-5-3-4-15(10-24)12-26/h8-9,11,14-15,26H,3-7,10,12-13H2,1-2H3. The van der Waals surface area contributed by atoms with Gasteiger partial charge >= 0.3 is 0 Å². The summed E-state index contributed by atoms with van der Waals surface area (Å²) in [5, 5.41) is 13.8. The second-order valence-corrected chi connectivity index (χ2v) is 7.77. The van der Waals surface area contributed by atoms with Crippen LogP contribution in [0.1, 0.15) is 25.3 Å². The number of hydrogen-bond acceptors (Lipinski definition) is 7. The van der Waals surface area contributed by atoms with Gasteiger partial charge in [-0.05, 0) is 25.7 Å². The van der Waals surface area contributed by atoms with Gasteiger partial charge in [-0.3, -0.25) is 4.68 Å². The van der Waals surface area contributed by atoms with Crippen LogP contribution in [0, 0.1) is 5.92 Å². The molecule has 2 saturated heterocycles. The van der Waals surface area contributed by atoms with E-state index in [1.807, 2.05) is 19.4 Å². The summed E-state index contributed by atoms with van der Waals surface area (Å²) in [5.41, 5.74) is 0.663. The van der Waals surface area contributed by atoms with Crippen LogP contribution in [0.15, 0.2) is 24.8 Å². The van der Waals surface area contributed by atoms with Crippen molar-refractivity contribution >= 4 is 11.6 Å². The van der Waals surface area contributed by atoms with Crippen molar-refractivity contribution in [1.29, 1.82) is 0 Å². The molecule has 1 N–H and O–H groups in total. The summed E-state index contributed by atoms with van der Waals surface area (Å²) in [6, 6.07) is 2.06. The number of piperidine rings is 1. The average molecular weight is 372 g/mol. The van der Waals surface area contributed by atoms with Crippen LogP contribution < -0.4 is 9.80 Å². The van der Waals surface area contributed by atoms with Crippen LogP contribution in [0.2, 0.25) is 0 Å². The van der Waals surface area contributed by atoms with Crippen molar-refractivity contribution in [3.05, 3.63) is 30.4 Å². The zero-order chi connectivity index (χ0) is 18.9. The minimum atomic E-state index is -0.412. The Morgan fingerprint density at radius 2 is 2.07 bits per heavy atom. The summed E-state index contributed by atoms with van der Waals surface area (Å²) in [4.78, 5) is 13.5. The Labute approximate surface area is 159 Å². The van der Waals surface area contributed by atoms with E-state index in [4.69, 9.17) is 4.74 Å². The maximum absolute atomic E-state index is 9.49. The van der Waals surface area contributed by atoms with E-state index in [1.165, 1.54) is 0 Å². The Morgan fingerprint density at radius 1 is 1.26 bits per heavy atom. The lowest BCUT2D eigenvalue weighted by atomic mass is 9.97. The lowest BCUT2D eigenvalue weighted by Gasteiger charge is -2.41. The number of aliphatic hydroxyl groups is 1. The maximum atomic E-state index is 9.49. The molecule has 4 heterocycles. The Morgan fingerprint density at radius 3 is 2.81 bits per heavy atom. The van der Waals surface area contributed by atoms with E-state index in [9.17, 15) is 5.11 Å². The first-order chi connectivity index (χ1) is 13.1. The average Bonchev–Trinajstić information content (AvgIpc) is 3.15. The van der Waals surface area contributed by atoms with E-state index >= 15 is 0 Å². The molecule has 146 valence electrons. The fraction of sp³-hybridized carbons (Fsp3) is 0.632. The molecule has 0 saturated carbocycles. The quantitative estimate of drug-likeness (QED) is 0.863. The van der Waals surface area contributed by atoms with Crippen LogP contribution in [-0.2, 0) is 17.4 Å². The molecule has 0 aliphatic carbocycles. The summed E-state index contributed by atoms with van der Waals surface area (Å²) in [6.45, 7) is 6.32. The van der Waals surface area contributed by atoms with Crippen LogP contribution in [-0.4, -0.2) is 64.2 Å². The molecule has 0 aromatic carbocycles. The molecular weight excluding hydrogens is 344 g/mol. The highest BCUT2D eigenvalue weighted by Crippen LogP contribution is 2.32. The molecule has 2 unspecified atom stereocenters. The van der Waals surface area contributed by atoms with Gasteiger partial charge in [0, 0.05) is 51.1 Å².